The molecule has 39 heavy (non-hydrogen) atoms. The zero-order valence-electron chi connectivity index (χ0n) is 21.4. The van der Waals surface area contributed by atoms with Crippen LogP contribution in [-0.2, 0) is 20.7 Å². The second-order valence-corrected chi connectivity index (χ2v) is 9.69. The van der Waals surface area contributed by atoms with Crippen LogP contribution in [0.25, 0.3) is 0 Å². The van der Waals surface area contributed by atoms with Gasteiger partial charge in [0.25, 0.3) is 5.91 Å². The third kappa shape index (κ3) is 6.71. The monoisotopic (exact) mass is 594 g/mol. The average molecular weight is 595 g/mol. The van der Waals surface area contributed by atoms with Gasteiger partial charge in [0.1, 0.15) is 0 Å². The number of esters is 1. The molecule has 1 aliphatic heterocycles. The quantitative estimate of drug-likeness (QED) is 0.202. The van der Waals surface area contributed by atoms with Crippen LogP contribution >= 0.6 is 15.9 Å². The lowest BCUT2D eigenvalue weighted by Gasteiger charge is -2.16. The van der Waals surface area contributed by atoms with Crippen molar-refractivity contribution in [1.82, 2.24) is 5.32 Å². The van der Waals surface area contributed by atoms with E-state index in [1.165, 1.54) is 24.3 Å². The Hall–Kier alpha value is -4.02. The summed E-state index contributed by atoms with van der Waals surface area (Å²) in [6.45, 7) is 0.0821. The lowest BCUT2D eigenvalue weighted by Crippen LogP contribution is -2.39. The van der Waals surface area contributed by atoms with Crippen molar-refractivity contribution in [3.8, 4) is 11.5 Å². The molecule has 9 nitrogen and oxygen atoms in total. The summed E-state index contributed by atoms with van der Waals surface area (Å²) in [4.78, 5) is 51.4. The number of imide groups is 1. The van der Waals surface area contributed by atoms with Crippen molar-refractivity contribution >= 4 is 45.2 Å². The molecule has 1 heterocycles. The first kappa shape index (κ1) is 28.0. The topological polar surface area (TPSA) is 111 Å². The molecule has 4 rings (SSSR count). The Morgan fingerprint density at radius 2 is 1.59 bits per heavy atom. The highest BCUT2D eigenvalue weighted by molar-refractivity contribution is 9.10. The van der Waals surface area contributed by atoms with Crippen molar-refractivity contribution in [2.45, 2.75) is 18.9 Å². The summed E-state index contributed by atoms with van der Waals surface area (Å²) in [7, 11) is 3.14. The van der Waals surface area contributed by atoms with Crippen LogP contribution in [0.1, 0.15) is 32.7 Å². The number of carbonyl (C=O) groups excluding carboxylic acids is 4. The van der Waals surface area contributed by atoms with Crippen molar-refractivity contribution < 1.29 is 33.4 Å². The molecular weight excluding hydrogens is 568 g/mol. The maximum absolute atomic E-state index is 13.0. The van der Waals surface area contributed by atoms with Crippen molar-refractivity contribution in [3.05, 3.63) is 87.9 Å². The van der Waals surface area contributed by atoms with E-state index in [2.05, 4.69) is 21.2 Å². The molecular formula is C29H27BrN2O7. The smallest absolute Gasteiger partial charge is 0.338 e. The molecule has 3 aromatic rings. The van der Waals surface area contributed by atoms with Crippen LogP contribution in [0.3, 0.4) is 0 Å². The molecule has 1 fully saturated rings. The second-order valence-electron chi connectivity index (χ2n) is 8.77. The normalized spacial score (nSPS) is 14.8. The molecule has 1 saturated heterocycles. The van der Waals surface area contributed by atoms with Gasteiger partial charge in [-0.1, -0.05) is 34.1 Å². The molecule has 0 aromatic heterocycles. The molecule has 3 aromatic carbocycles. The van der Waals surface area contributed by atoms with Crippen LogP contribution in [-0.4, -0.2) is 57.0 Å². The first-order chi connectivity index (χ1) is 18.8. The summed E-state index contributed by atoms with van der Waals surface area (Å²) in [5, 5.41) is 3.16. The number of hydrogen-bond donors (Lipinski definition) is 1. The van der Waals surface area contributed by atoms with E-state index in [-0.39, 0.29) is 29.6 Å². The van der Waals surface area contributed by atoms with E-state index in [0.717, 1.165) is 14.9 Å². The summed E-state index contributed by atoms with van der Waals surface area (Å²) >= 11 is 3.30. The van der Waals surface area contributed by atoms with Crippen LogP contribution in [0.5, 0.6) is 11.5 Å². The van der Waals surface area contributed by atoms with E-state index in [1.807, 2.05) is 18.2 Å². The molecule has 2 amide bonds. The van der Waals surface area contributed by atoms with E-state index in [4.69, 9.17) is 14.2 Å². The maximum atomic E-state index is 13.0. The molecule has 0 radical (unpaired) electrons. The second kappa shape index (κ2) is 12.7. The summed E-state index contributed by atoms with van der Waals surface area (Å²) in [6.07, 6.45) is 0.659. The Morgan fingerprint density at radius 1 is 0.923 bits per heavy atom. The van der Waals surface area contributed by atoms with Gasteiger partial charge in [0.2, 0.25) is 5.91 Å². The molecule has 1 N–H and O–H groups in total. The number of ketones is 1. The molecule has 0 spiro atoms. The van der Waals surface area contributed by atoms with Crippen LogP contribution in [0.15, 0.2) is 71.2 Å². The van der Waals surface area contributed by atoms with Gasteiger partial charge in [-0.2, -0.15) is 0 Å². The highest BCUT2D eigenvalue weighted by atomic mass is 79.9. The number of methoxy groups -OCH3 is 2. The number of rotatable bonds is 11. The van der Waals surface area contributed by atoms with Gasteiger partial charge < -0.3 is 19.5 Å². The maximum Gasteiger partial charge on any atom is 0.338 e. The lowest BCUT2D eigenvalue weighted by molar-refractivity contribution is -0.121. The molecule has 0 saturated carbocycles. The average Bonchev–Trinajstić information content (AvgIpc) is 3.24. The van der Waals surface area contributed by atoms with E-state index in [0.29, 0.717) is 35.7 Å². The van der Waals surface area contributed by atoms with Gasteiger partial charge >= 0.3 is 5.97 Å². The molecule has 1 atom stereocenters. The number of carbonyl (C=O) groups is 4. The Morgan fingerprint density at radius 3 is 2.26 bits per heavy atom. The van der Waals surface area contributed by atoms with Gasteiger partial charge in [0.15, 0.2) is 23.9 Å². The third-order valence-electron chi connectivity index (χ3n) is 6.26. The van der Waals surface area contributed by atoms with Crippen molar-refractivity contribution in [2.75, 3.05) is 32.3 Å². The van der Waals surface area contributed by atoms with E-state index in [9.17, 15) is 19.2 Å². The van der Waals surface area contributed by atoms with Crippen LogP contribution < -0.4 is 19.7 Å². The van der Waals surface area contributed by atoms with Crippen LogP contribution in [0, 0.1) is 0 Å². The number of Topliss-reactive ketones (excluding diaryl/α,β-unsaturated/α-hetero) is 1. The summed E-state index contributed by atoms with van der Waals surface area (Å²) in [5.41, 5.74) is 1.98. The number of nitrogens with zero attached hydrogens (tertiary/aromatic N) is 1. The van der Waals surface area contributed by atoms with E-state index < -0.39 is 18.6 Å². The van der Waals surface area contributed by atoms with Gasteiger partial charge in [-0.3, -0.25) is 14.4 Å². The van der Waals surface area contributed by atoms with Gasteiger partial charge in [0.05, 0.1) is 37.9 Å². The standard InChI is InChI=1S/C29H27BrN2O7/c1-37-25-12-3-18(15-26(25)38-2)13-14-31-23-16-27(34)32(28(23)35)22-10-6-20(7-11-22)29(36)39-17-24(33)19-4-8-21(30)9-5-19/h3-12,15,23,31H,13-14,16-17H2,1-2H3. The first-order valence-electron chi connectivity index (χ1n) is 12.2. The van der Waals surface area contributed by atoms with Gasteiger partial charge in [-0.25, -0.2) is 9.69 Å². The molecule has 1 aliphatic rings. The first-order valence-corrected chi connectivity index (χ1v) is 13.0. The zero-order valence-corrected chi connectivity index (χ0v) is 23.0. The number of benzene rings is 3. The Kier molecular flexibility index (Phi) is 9.11. The number of hydrogen-bond acceptors (Lipinski definition) is 8. The zero-order chi connectivity index (χ0) is 27.9. The number of nitrogens with one attached hydrogen (secondary N) is 1. The minimum atomic E-state index is -0.680. The summed E-state index contributed by atoms with van der Waals surface area (Å²) < 4.78 is 16.5. The molecule has 0 aliphatic carbocycles. The number of ether oxygens (including phenoxy) is 3. The van der Waals surface area contributed by atoms with Crippen molar-refractivity contribution in [2.24, 2.45) is 0 Å². The van der Waals surface area contributed by atoms with Crippen LogP contribution in [0.2, 0.25) is 0 Å². The fourth-order valence-corrected chi connectivity index (χ4v) is 4.43. The Labute approximate surface area is 234 Å². The van der Waals surface area contributed by atoms with Crippen molar-refractivity contribution in [3.63, 3.8) is 0 Å². The third-order valence-corrected chi connectivity index (χ3v) is 6.79. The molecule has 1 unspecified atom stereocenters. The van der Waals surface area contributed by atoms with Crippen molar-refractivity contribution in [1.29, 1.82) is 0 Å². The summed E-state index contributed by atoms with van der Waals surface area (Å²) in [6, 6.07) is 17.6. The van der Waals surface area contributed by atoms with Gasteiger partial charge in [-0.15, -0.1) is 0 Å². The molecule has 0 bridgehead atoms. The fourth-order valence-electron chi connectivity index (χ4n) is 4.17. The van der Waals surface area contributed by atoms with E-state index in [1.54, 1.807) is 38.5 Å². The minimum Gasteiger partial charge on any atom is -0.493 e. The Bertz CT molecular complexity index is 1370. The van der Waals surface area contributed by atoms with Gasteiger partial charge in [-0.05, 0) is 67.1 Å². The SMILES string of the molecule is COc1ccc(CCNC2CC(=O)N(c3ccc(C(=O)OCC(=O)c4ccc(Br)cc4)cc3)C2=O)cc1OC. The minimum absolute atomic E-state index is 0.0345. The van der Waals surface area contributed by atoms with E-state index >= 15 is 0 Å². The summed E-state index contributed by atoms with van der Waals surface area (Å²) in [5.74, 6) is -0.445. The lowest BCUT2D eigenvalue weighted by atomic mass is 10.1. The predicted molar refractivity (Wildman–Crippen MR) is 147 cm³/mol. The van der Waals surface area contributed by atoms with Crippen LogP contribution in [0.4, 0.5) is 5.69 Å². The molecule has 10 heteroatoms. The highest BCUT2D eigenvalue weighted by Crippen LogP contribution is 2.28. The fraction of sp³-hybridized carbons (Fsp3) is 0.241. The molecule has 202 valence electrons. The van der Waals surface area contributed by atoms with Gasteiger partial charge in [0, 0.05) is 10.0 Å². The number of amides is 2. The largest absolute Gasteiger partial charge is 0.493 e. The number of anilines is 1. The number of halogens is 1. The Balaban J connectivity index is 1.30. The highest BCUT2D eigenvalue weighted by Gasteiger charge is 2.39. The predicted octanol–water partition coefficient (Wildman–Crippen LogP) is 3.97.